The number of fused-ring (bicyclic) bond motifs is 1. The maximum atomic E-state index is 6.37. The fourth-order valence-corrected chi connectivity index (χ4v) is 4.99. The third kappa shape index (κ3) is 1.73. The van der Waals surface area contributed by atoms with Gasteiger partial charge in [0.2, 0.25) is 0 Å². The van der Waals surface area contributed by atoms with E-state index in [4.69, 9.17) is 4.74 Å². The van der Waals surface area contributed by atoms with Crippen LogP contribution in [0.3, 0.4) is 0 Å². The maximum Gasteiger partial charge on any atom is 0.0937 e. The molecule has 2 heterocycles. The van der Waals surface area contributed by atoms with E-state index >= 15 is 0 Å². The van der Waals surface area contributed by atoms with Crippen LogP contribution in [0.1, 0.15) is 19.3 Å². The molecule has 4 atom stereocenters. The molecular formula is C17H18OS. The van der Waals surface area contributed by atoms with Crippen molar-refractivity contribution >= 4 is 11.8 Å². The van der Waals surface area contributed by atoms with Crippen LogP contribution < -0.4 is 0 Å². The molecule has 1 spiro atoms. The largest absolute Gasteiger partial charge is 0.361 e. The highest BCUT2D eigenvalue weighted by Crippen LogP contribution is 2.55. The Balaban J connectivity index is 1.63. The van der Waals surface area contributed by atoms with Crippen LogP contribution in [0.15, 0.2) is 59.5 Å². The number of thioether (sulfide) groups is 1. The molecule has 2 bridgehead atoms. The van der Waals surface area contributed by atoms with Crippen molar-refractivity contribution in [3.8, 4) is 0 Å². The zero-order valence-electron chi connectivity index (χ0n) is 10.9. The Bertz CT molecular complexity index is 535. The summed E-state index contributed by atoms with van der Waals surface area (Å²) in [7, 11) is 0. The number of ether oxygens (including phenoxy) is 1. The maximum absolute atomic E-state index is 6.37. The van der Waals surface area contributed by atoms with Gasteiger partial charge in [-0.1, -0.05) is 42.5 Å². The van der Waals surface area contributed by atoms with E-state index in [1.54, 1.807) is 0 Å². The Hall–Kier alpha value is -0.990. The zero-order valence-corrected chi connectivity index (χ0v) is 11.7. The quantitative estimate of drug-likeness (QED) is 0.744. The number of benzene rings is 1. The molecule has 1 saturated heterocycles. The van der Waals surface area contributed by atoms with Gasteiger partial charge in [0.25, 0.3) is 0 Å². The van der Waals surface area contributed by atoms with Crippen LogP contribution in [0, 0.1) is 5.92 Å². The molecule has 1 aromatic carbocycles. The SMILES string of the molecule is C=C1[C@H](Sc2ccccc2)[C@@H]2C=C[C@@]3(CCC[C@@H]13)O2. The first kappa shape index (κ1) is 11.8. The fraction of sp³-hybridized carbons (Fsp3) is 0.412. The van der Waals surface area contributed by atoms with E-state index in [1.165, 1.54) is 29.7 Å². The first-order chi connectivity index (χ1) is 9.28. The van der Waals surface area contributed by atoms with Gasteiger partial charge in [-0.15, -0.1) is 11.8 Å². The van der Waals surface area contributed by atoms with Crippen molar-refractivity contribution in [1.82, 2.24) is 0 Å². The van der Waals surface area contributed by atoms with Crippen LogP contribution in [0.4, 0.5) is 0 Å². The summed E-state index contributed by atoms with van der Waals surface area (Å²) in [6, 6.07) is 10.6. The van der Waals surface area contributed by atoms with Crippen molar-refractivity contribution in [3.63, 3.8) is 0 Å². The first-order valence-corrected chi connectivity index (χ1v) is 7.94. The summed E-state index contributed by atoms with van der Waals surface area (Å²) in [6.07, 6.45) is 8.49. The molecule has 0 radical (unpaired) electrons. The molecule has 4 rings (SSSR count). The Labute approximate surface area is 118 Å². The van der Waals surface area contributed by atoms with Gasteiger partial charge in [-0.2, -0.15) is 0 Å². The number of hydrogen-bond donors (Lipinski definition) is 0. The molecular weight excluding hydrogens is 252 g/mol. The summed E-state index contributed by atoms with van der Waals surface area (Å²) in [5, 5.41) is 0.373. The molecule has 2 fully saturated rings. The molecule has 19 heavy (non-hydrogen) atoms. The smallest absolute Gasteiger partial charge is 0.0937 e. The molecule has 1 aliphatic carbocycles. The lowest BCUT2D eigenvalue weighted by Gasteiger charge is -2.42. The summed E-state index contributed by atoms with van der Waals surface area (Å²) >= 11 is 1.90. The van der Waals surface area contributed by atoms with Crippen molar-refractivity contribution in [1.29, 1.82) is 0 Å². The van der Waals surface area contributed by atoms with Crippen molar-refractivity contribution in [2.45, 2.75) is 41.1 Å². The van der Waals surface area contributed by atoms with E-state index in [-0.39, 0.29) is 11.7 Å². The standard InChI is InChI=1S/C17H18OS/c1-12-14-8-5-10-17(14)11-9-15(18-17)16(12)19-13-6-3-2-4-7-13/h2-4,6-7,9,11,14-16H,1,5,8,10H2/t14-,15-,16-,17+/m0/s1. The van der Waals surface area contributed by atoms with Gasteiger partial charge in [0.05, 0.1) is 17.0 Å². The summed E-state index contributed by atoms with van der Waals surface area (Å²) in [4.78, 5) is 1.31. The Morgan fingerprint density at radius 2 is 2.11 bits per heavy atom. The third-order valence-corrected chi connectivity index (χ3v) is 6.06. The molecule has 3 aliphatic rings. The van der Waals surface area contributed by atoms with Gasteiger partial charge in [-0.05, 0) is 31.4 Å². The van der Waals surface area contributed by atoms with Crippen LogP contribution in [-0.4, -0.2) is 17.0 Å². The predicted molar refractivity (Wildman–Crippen MR) is 79.3 cm³/mol. The fourth-order valence-electron chi connectivity index (χ4n) is 3.79. The Morgan fingerprint density at radius 1 is 1.26 bits per heavy atom. The van der Waals surface area contributed by atoms with E-state index in [0.717, 1.165) is 0 Å². The van der Waals surface area contributed by atoms with E-state index in [1.807, 2.05) is 11.8 Å². The lowest BCUT2D eigenvalue weighted by Crippen LogP contribution is -2.45. The minimum atomic E-state index is 0.00942. The molecule has 98 valence electrons. The second-order valence-corrected chi connectivity index (χ2v) is 6.98. The van der Waals surface area contributed by atoms with Gasteiger partial charge in [-0.25, -0.2) is 0 Å². The summed E-state index contributed by atoms with van der Waals surface area (Å²) in [5.41, 5.74) is 1.41. The van der Waals surface area contributed by atoms with Gasteiger partial charge in [0.15, 0.2) is 0 Å². The van der Waals surface area contributed by atoms with Gasteiger partial charge in [-0.3, -0.25) is 0 Å². The summed E-state index contributed by atoms with van der Waals surface area (Å²) in [6.45, 7) is 4.43. The minimum absolute atomic E-state index is 0.00942. The molecule has 1 saturated carbocycles. The van der Waals surface area contributed by atoms with Crippen molar-refractivity contribution in [2.24, 2.45) is 5.92 Å². The highest BCUT2D eigenvalue weighted by molar-refractivity contribution is 8.00. The van der Waals surface area contributed by atoms with E-state index in [9.17, 15) is 0 Å². The van der Waals surface area contributed by atoms with Crippen molar-refractivity contribution in [2.75, 3.05) is 0 Å². The average molecular weight is 270 g/mol. The van der Waals surface area contributed by atoms with E-state index in [0.29, 0.717) is 11.2 Å². The Kier molecular flexibility index (Phi) is 2.64. The monoisotopic (exact) mass is 270 g/mol. The van der Waals surface area contributed by atoms with Gasteiger partial charge in [0.1, 0.15) is 0 Å². The predicted octanol–water partition coefficient (Wildman–Crippen LogP) is 4.21. The first-order valence-electron chi connectivity index (χ1n) is 7.06. The van der Waals surface area contributed by atoms with E-state index < -0.39 is 0 Å². The van der Waals surface area contributed by atoms with Crippen LogP contribution in [0.2, 0.25) is 0 Å². The summed E-state index contributed by atoms with van der Waals surface area (Å²) in [5.74, 6) is 0.531. The second-order valence-electron chi connectivity index (χ2n) is 5.77. The summed E-state index contributed by atoms with van der Waals surface area (Å²) < 4.78 is 6.37. The molecule has 2 aliphatic heterocycles. The zero-order chi connectivity index (χ0) is 12.9. The molecule has 0 unspecified atom stereocenters. The van der Waals surface area contributed by atoms with Gasteiger partial charge >= 0.3 is 0 Å². The topological polar surface area (TPSA) is 9.23 Å². The highest BCUT2D eigenvalue weighted by atomic mass is 32.2. The third-order valence-electron chi connectivity index (χ3n) is 4.69. The van der Waals surface area contributed by atoms with Crippen molar-refractivity contribution in [3.05, 3.63) is 54.6 Å². The molecule has 0 aromatic heterocycles. The lowest BCUT2D eigenvalue weighted by atomic mass is 9.83. The molecule has 1 aromatic rings. The Morgan fingerprint density at radius 3 is 2.95 bits per heavy atom. The molecule has 0 N–H and O–H groups in total. The molecule has 1 nitrogen and oxygen atoms in total. The van der Waals surface area contributed by atoms with E-state index in [2.05, 4.69) is 49.1 Å². The van der Waals surface area contributed by atoms with Gasteiger partial charge < -0.3 is 4.74 Å². The average Bonchev–Trinajstić information content (AvgIpc) is 3.03. The van der Waals surface area contributed by atoms with Crippen molar-refractivity contribution < 1.29 is 4.74 Å². The van der Waals surface area contributed by atoms with Crippen LogP contribution in [-0.2, 0) is 4.74 Å². The van der Waals surface area contributed by atoms with Crippen LogP contribution in [0.5, 0.6) is 0 Å². The number of rotatable bonds is 2. The normalized spacial score (nSPS) is 39.6. The highest BCUT2D eigenvalue weighted by Gasteiger charge is 2.54. The lowest BCUT2D eigenvalue weighted by molar-refractivity contribution is -0.0580. The van der Waals surface area contributed by atoms with Crippen LogP contribution in [0.25, 0.3) is 0 Å². The van der Waals surface area contributed by atoms with Crippen LogP contribution >= 0.6 is 11.8 Å². The number of hydrogen-bond acceptors (Lipinski definition) is 2. The minimum Gasteiger partial charge on any atom is -0.361 e. The molecule has 2 heteroatoms. The molecule has 0 amide bonds. The second kappa shape index (κ2) is 4.26. The van der Waals surface area contributed by atoms with Gasteiger partial charge in [0, 0.05) is 10.8 Å².